The Bertz CT molecular complexity index is 240. The van der Waals surface area contributed by atoms with Crippen molar-refractivity contribution in [3.63, 3.8) is 0 Å². The first-order valence-corrected chi connectivity index (χ1v) is 7.46. The van der Waals surface area contributed by atoms with Gasteiger partial charge in [-0.15, -0.1) is 0 Å². The lowest BCUT2D eigenvalue weighted by Crippen LogP contribution is -2.31. The average Bonchev–Trinajstić information content (AvgIpc) is 2.47. The molecule has 1 saturated heterocycles. The Morgan fingerprint density at radius 3 is 2.72 bits per heavy atom. The van der Waals surface area contributed by atoms with Gasteiger partial charge in [0.2, 0.25) is 0 Å². The van der Waals surface area contributed by atoms with Gasteiger partial charge in [-0.3, -0.25) is 4.79 Å². The monoisotopic (exact) mass is 256 g/mol. The van der Waals surface area contributed by atoms with Crippen LogP contribution in [0.4, 0.5) is 0 Å². The lowest BCUT2D eigenvalue weighted by Gasteiger charge is -2.24. The van der Waals surface area contributed by atoms with Crippen LogP contribution in [0.15, 0.2) is 0 Å². The molecule has 0 bridgehead atoms. The Hall–Kier alpha value is -0.570. The van der Waals surface area contributed by atoms with E-state index in [4.69, 9.17) is 9.47 Å². The average molecular weight is 256 g/mol. The molecular weight excluding hydrogens is 228 g/mol. The van der Waals surface area contributed by atoms with Gasteiger partial charge in [0.05, 0.1) is 12.2 Å². The van der Waals surface area contributed by atoms with Gasteiger partial charge in [0, 0.05) is 6.92 Å². The summed E-state index contributed by atoms with van der Waals surface area (Å²) < 4.78 is 11.3. The minimum Gasteiger partial charge on any atom is -0.460 e. The maximum Gasteiger partial charge on any atom is 0.302 e. The van der Waals surface area contributed by atoms with Crippen molar-refractivity contribution >= 4 is 5.97 Å². The summed E-state index contributed by atoms with van der Waals surface area (Å²) in [6.07, 6.45) is 9.78. The molecule has 0 amide bonds. The van der Waals surface area contributed by atoms with Crippen molar-refractivity contribution in [1.82, 2.24) is 0 Å². The third kappa shape index (κ3) is 5.85. The fourth-order valence-electron chi connectivity index (χ4n) is 2.62. The van der Waals surface area contributed by atoms with Crippen LogP contribution in [-0.2, 0) is 14.3 Å². The molecule has 3 nitrogen and oxygen atoms in total. The molecule has 1 rings (SSSR count). The van der Waals surface area contributed by atoms with Crippen molar-refractivity contribution in [1.29, 1.82) is 0 Å². The van der Waals surface area contributed by atoms with Crippen LogP contribution in [0.25, 0.3) is 0 Å². The predicted octanol–water partition coefficient (Wildman–Crippen LogP) is 3.85. The van der Waals surface area contributed by atoms with Crippen molar-refractivity contribution in [3.8, 4) is 0 Å². The first kappa shape index (κ1) is 15.5. The van der Waals surface area contributed by atoms with Gasteiger partial charge in [-0.1, -0.05) is 32.6 Å². The van der Waals surface area contributed by atoms with Crippen molar-refractivity contribution in [2.24, 2.45) is 0 Å². The first-order valence-electron chi connectivity index (χ1n) is 7.46. The molecule has 1 aliphatic rings. The summed E-state index contributed by atoms with van der Waals surface area (Å²) >= 11 is 0. The van der Waals surface area contributed by atoms with Gasteiger partial charge >= 0.3 is 5.97 Å². The Morgan fingerprint density at radius 2 is 2.06 bits per heavy atom. The summed E-state index contributed by atoms with van der Waals surface area (Å²) in [7, 11) is 0. The van der Waals surface area contributed by atoms with E-state index in [2.05, 4.69) is 6.92 Å². The topological polar surface area (TPSA) is 35.5 Å². The molecule has 106 valence electrons. The van der Waals surface area contributed by atoms with Crippen molar-refractivity contribution in [3.05, 3.63) is 0 Å². The second kappa shape index (κ2) is 8.52. The van der Waals surface area contributed by atoms with Crippen molar-refractivity contribution < 1.29 is 14.3 Å². The highest BCUT2D eigenvalue weighted by Gasteiger charge is 2.27. The molecule has 0 radical (unpaired) electrons. The van der Waals surface area contributed by atoms with Gasteiger partial charge in [0.1, 0.15) is 6.10 Å². The molecule has 1 fully saturated rings. The fourth-order valence-corrected chi connectivity index (χ4v) is 2.62. The summed E-state index contributed by atoms with van der Waals surface area (Å²) in [6.45, 7) is 5.73. The standard InChI is InChI=1S/C15H28O3/c1-4-5-6-7-9-14-10-8-11-15(12(2)17-14)18-13(3)16/h12,14-15H,4-11H2,1-3H3/t12-,14+,15+/m1/s1. The van der Waals surface area contributed by atoms with E-state index in [1.165, 1.54) is 32.6 Å². The lowest BCUT2D eigenvalue weighted by molar-refractivity contribution is -0.155. The summed E-state index contributed by atoms with van der Waals surface area (Å²) in [5, 5.41) is 0. The molecule has 0 spiro atoms. The number of hydrogen-bond donors (Lipinski definition) is 0. The number of carbonyl (C=O) groups excluding carboxylic acids is 1. The zero-order valence-electron chi connectivity index (χ0n) is 12.1. The molecule has 0 aromatic rings. The highest BCUT2D eigenvalue weighted by atomic mass is 16.6. The molecule has 0 aliphatic carbocycles. The van der Waals surface area contributed by atoms with E-state index in [1.807, 2.05) is 6.92 Å². The van der Waals surface area contributed by atoms with Crippen LogP contribution >= 0.6 is 0 Å². The van der Waals surface area contributed by atoms with Gasteiger partial charge in [-0.05, 0) is 32.6 Å². The van der Waals surface area contributed by atoms with Crippen LogP contribution in [0, 0.1) is 0 Å². The maximum absolute atomic E-state index is 11.0. The Kier molecular flexibility index (Phi) is 7.33. The molecule has 1 aliphatic heterocycles. The normalized spacial score (nSPS) is 28.7. The van der Waals surface area contributed by atoms with E-state index in [0.717, 1.165) is 25.7 Å². The van der Waals surface area contributed by atoms with E-state index in [-0.39, 0.29) is 18.2 Å². The third-order valence-electron chi connectivity index (χ3n) is 3.64. The highest BCUT2D eigenvalue weighted by molar-refractivity contribution is 5.66. The second-order valence-corrected chi connectivity index (χ2v) is 5.39. The molecule has 3 heteroatoms. The van der Waals surface area contributed by atoms with Crippen LogP contribution in [0.2, 0.25) is 0 Å². The molecule has 0 aromatic carbocycles. The maximum atomic E-state index is 11.0. The van der Waals surface area contributed by atoms with E-state index in [9.17, 15) is 4.79 Å². The van der Waals surface area contributed by atoms with Gasteiger partial charge in [-0.25, -0.2) is 0 Å². The van der Waals surface area contributed by atoms with Crippen LogP contribution in [0.3, 0.4) is 0 Å². The van der Waals surface area contributed by atoms with Crippen LogP contribution in [0.5, 0.6) is 0 Å². The molecule has 1 heterocycles. The zero-order chi connectivity index (χ0) is 13.4. The van der Waals surface area contributed by atoms with Gasteiger partial charge in [0.25, 0.3) is 0 Å². The SMILES string of the molecule is CCCCCC[C@H]1CCC[C@H](OC(C)=O)[C@@H](C)O1. The molecule has 0 N–H and O–H groups in total. The highest BCUT2D eigenvalue weighted by Crippen LogP contribution is 2.24. The quantitative estimate of drug-likeness (QED) is 0.535. The van der Waals surface area contributed by atoms with Crippen LogP contribution in [0.1, 0.15) is 72.1 Å². The summed E-state index contributed by atoms with van der Waals surface area (Å²) in [5.74, 6) is -0.197. The number of rotatable bonds is 6. The summed E-state index contributed by atoms with van der Waals surface area (Å²) in [4.78, 5) is 11.0. The largest absolute Gasteiger partial charge is 0.460 e. The summed E-state index contributed by atoms with van der Waals surface area (Å²) in [5.41, 5.74) is 0. The van der Waals surface area contributed by atoms with E-state index in [0.29, 0.717) is 6.10 Å². The first-order chi connectivity index (χ1) is 8.63. The fraction of sp³-hybridized carbons (Fsp3) is 0.933. The molecule has 0 aromatic heterocycles. The van der Waals surface area contributed by atoms with E-state index < -0.39 is 0 Å². The van der Waals surface area contributed by atoms with E-state index >= 15 is 0 Å². The van der Waals surface area contributed by atoms with Gasteiger partial charge in [0.15, 0.2) is 0 Å². The number of ether oxygens (including phenoxy) is 2. The second-order valence-electron chi connectivity index (χ2n) is 5.39. The third-order valence-corrected chi connectivity index (χ3v) is 3.64. The minimum atomic E-state index is -0.197. The van der Waals surface area contributed by atoms with Gasteiger partial charge < -0.3 is 9.47 Å². The van der Waals surface area contributed by atoms with Crippen LogP contribution < -0.4 is 0 Å². The minimum absolute atomic E-state index is 0.0348. The number of unbranched alkanes of at least 4 members (excludes halogenated alkanes) is 3. The molecular formula is C15H28O3. The zero-order valence-corrected chi connectivity index (χ0v) is 12.1. The molecule has 0 saturated carbocycles. The summed E-state index contributed by atoms with van der Waals surface area (Å²) in [6, 6.07) is 0. The van der Waals surface area contributed by atoms with Gasteiger partial charge in [-0.2, -0.15) is 0 Å². The van der Waals surface area contributed by atoms with Crippen molar-refractivity contribution in [2.45, 2.75) is 90.4 Å². The van der Waals surface area contributed by atoms with E-state index in [1.54, 1.807) is 0 Å². The van der Waals surface area contributed by atoms with Crippen molar-refractivity contribution in [2.75, 3.05) is 0 Å². The number of carbonyl (C=O) groups is 1. The molecule has 3 atom stereocenters. The Morgan fingerprint density at radius 1 is 1.28 bits per heavy atom. The predicted molar refractivity (Wildman–Crippen MR) is 72.5 cm³/mol. The number of esters is 1. The Labute approximate surface area is 111 Å². The molecule has 18 heavy (non-hydrogen) atoms. The lowest BCUT2D eigenvalue weighted by atomic mass is 10.0. The molecule has 0 unspecified atom stereocenters. The smallest absolute Gasteiger partial charge is 0.302 e. The Balaban J connectivity index is 2.30. The number of hydrogen-bond acceptors (Lipinski definition) is 3. The van der Waals surface area contributed by atoms with Crippen LogP contribution in [-0.4, -0.2) is 24.3 Å².